The van der Waals surface area contributed by atoms with Gasteiger partial charge < -0.3 is 10.3 Å². The number of aromatic amines is 1. The number of thiophene rings is 1. The maximum atomic E-state index is 12.3. The lowest BCUT2D eigenvalue weighted by molar-refractivity contribution is 0.315. The van der Waals surface area contributed by atoms with Crippen LogP contribution >= 0.6 is 11.3 Å². The summed E-state index contributed by atoms with van der Waals surface area (Å²) in [4.78, 5) is 21.7. The zero-order chi connectivity index (χ0) is 17.4. The van der Waals surface area contributed by atoms with Crippen LogP contribution in [0, 0.1) is 13.8 Å². The molecule has 0 saturated carbocycles. The molecule has 0 bridgehead atoms. The lowest BCUT2D eigenvalue weighted by atomic mass is 10.2. The van der Waals surface area contributed by atoms with Crippen molar-refractivity contribution in [2.24, 2.45) is 0 Å². The van der Waals surface area contributed by atoms with Crippen LogP contribution in [0.4, 0.5) is 0 Å². The summed E-state index contributed by atoms with van der Waals surface area (Å²) in [5, 5.41) is 11.8. The van der Waals surface area contributed by atoms with E-state index in [4.69, 9.17) is 4.63 Å². The van der Waals surface area contributed by atoms with Gasteiger partial charge in [0.1, 0.15) is 21.7 Å². The summed E-state index contributed by atoms with van der Waals surface area (Å²) in [6.07, 6.45) is 0.647. The molecule has 25 heavy (non-hydrogen) atoms. The van der Waals surface area contributed by atoms with Gasteiger partial charge in [-0.1, -0.05) is 12.1 Å². The molecule has 2 N–H and O–H groups in total. The Labute approximate surface area is 147 Å². The van der Waals surface area contributed by atoms with Crippen LogP contribution in [0.1, 0.15) is 21.8 Å². The second-order valence-corrected chi connectivity index (χ2v) is 7.16. The van der Waals surface area contributed by atoms with Crippen molar-refractivity contribution in [2.75, 3.05) is 6.54 Å². The van der Waals surface area contributed by atoms with Crippen molar-refractivity contribution in [3.05, 3.63) is 50.4 Å². The van der Waals surface area contributed by atoms with E-state index in [0.29, 0.717) is 30.7 Å². The van der Waals surface area contributed by atoms with Crippen LogP contribution in [-0.2, 0) is 13.0 Å². The Bertz CT molecular complexity index is 1110. The van der Waals surface area contributed by atoms with Gasteiger partial charge in [-0.25, -0.2) is 9.61 Å². The van der Waals surface area contributed by atoms with Gasteiger partial charge >= 0.3 is 0 Å². The van der Waals surface area contributed by atoms with Crippen LogP contribution in [0.2, 0.25) is 0 Å². The van der Waals surface area contributed by atoms with E-state index in [-0.39, 0.29) is 5.56 Å². The lowest BCUT2D eigenvalue weighted by Crippen LogP contribution is -2.20. The van der Waals surface area contributed by atoms with Gasteiger partial charge in [0.2, 0.25) is 0 Å². The third kappa shape index (κ3) is 2.94. The molecule has 4 rings (SSSR count). The van der Waals surface area contributed by atoms with Crippen LogP contribution in [0.25, 0.3) is 21.3 Å². The van der Waals surface area contributed by atoms with Crippen molar-refractivity contribution >= 4 is 32.6 Å². The topological polar surface area (TPSA) is 96.7 Å². The van der Waals surface area contributed by atoms with E-state index >= 15 is 0 Å². The fraction of sp³-hybridized carbons (Fsp3) is 0.294. The minimum Gasteiger partial charge on any atom is -0.312 e. The number of aromatic nitrogens is 4. The molecular formula is C17H17N5O2S. The highest BCUT2D eigenvalue weighted by molar-refractivity contribution is 7.18. The third-order valence-corrected chi connectivity index (χ3v) is 5.41. The maximum Gasteiger partial charge on any atom is 0.259 e. The van der Waals surface area contributed by atoms with Crippen LogP contribution in [-0.4, -0.2) is 26.8 Å². The standard InChI is InChI=1S/C17H17N5O2S/c1-9-10(2)25-17-14(9)16(23)19-13(20-17)6-7-18-8-11-4-3-5-12-15(11)22-24-21-12/h3-5,18H,6-8H2,1-2H3,(H,19,20,23). The number of H-pyrrole nitrogens is 1. The molecule has 0 aliphatic carbocycles. The lowest BCUT2D eigenvalue weighted by Gasteiger charge is -2.05. The average Bonchev–Trinajstić information content (AvgIpc) is 3.17. The monoisotopic (exact) mass is 355 g/mol. The molecule has 8 heteroatoms. The van der Waals surface area contributed by atoms with Crippen molar-refractivity contribution < 1.29 is 4.63 Å². The number of aryl methyl sites for hydroxylation is 2. The Kier molecular flexibility index (Phi) is 4.06. The van der Waals surface area contributed by atoms with Gasteiger partial charge in [0.15, 0.2) is 0 Å². The predicted molar refractivity (Wildman–Crippen MR) is 96.9 cm³/mol. The second kappa shape index (κ2) is 6.38. The van der Waals surface area contributed by atoms with Crippen molar-refractivity contribution in [3.63, 3.8) is 0 Å². The normalized spacial score (nSPS) is 11.6. The number of benzene rings is 1. The van der Waals surface area contributed by atoms with E-state index in [2.05, 4.69) is 25.6 Å². The molecule has 7 nitrogen and oxygen atoms in total. The first-order valence-corrected chi connectivity index (χ1v) is 8.85. The van der Waals surface area contributed by atoms with Gasteiger partial charge in [-0.05, 0) is 41.4 Å². The quantitative estimate of drug-likeness (QED) is 0.534. The summed E-state index contributed by atoms with van der Waals surface area (Å²) in [6, 6.07) is 5.78. The van der Waals surface area contributed by atoms with E-state index in [1.807, 2.05) is 32.0 Å². The molecule has 128 valence electrons. The van der Waals surface area contributed by atoms with Crippen molar-refractivity contribution in [1.29, 1.82) is 0 Å². The molecule has 0 unspecified atom stereocenters. The van der Waals surface area contributed by atoms with Gasteiger partial charge in [0.05, 0.1) is 5.39 Å². The molecule has 4 aromatic rings. The Morgan fingerprint density at radius 1 is 1.28 bits per heavy atom. The second-order valence-electron chi connectivity index (χ2n) is 5.95. The van der Waals surface area contributed by atoms with Crippen LogP contribution < -0.4 is 10.9 Å². The molecule has 0 atom stereocenters. The largest absolute Gasteiger partial charge is 0.312 e. The first-order chi connectivity index (χ1) is 12.1. The number of fused-ring (bicyclic) bond motifs is 2. The third-order valence-electron chi connectivity index (χ3n) is 4.31. The van der Waals surface area contributed by atoms with Gasteiger partial charge in [-0.3, -0.25) is 4.79 Å². The summed E-state index contributed by atoms with van der Waals surface area (Å²) in [6.45, 7) is 5.32. The molecule has 0 aliphatic heterocycles. The molecule has 3 heterocycles. The number of nitrogens with zero attached hydrogens (tertiary/aromatic N) is 3. The number of hydrogen-bond donors (Lipinski definition) is 2. The highest BCUT2D eigenvalue weighted by Crippen LogP contribution is 2.25. The number of hydrogen-bond acceptors (Lipinski definition) is 7. The zero-order valence-corrected chi connectivity index (χ0v) is 14.7. The molecule has 3 aromatic heterocycles. The summed E-state index contributed by atoms with van der Waals surface area (Å²) in [5.74, 6) is 0.701. The molecule has 0 spiro atoms. The molecular weight excluding hydrogens is 338 g/mol. The fourth-order valence-corrected chi connectivity index (χ4v) is 3.90. The summed E-state index contributed by atoms with van der Waals surface area (Å²) in [5.41, 5.74) is 3.51. The van der Waals surface area contributed by atoms with Crippen molar-refractivity contribution in [1.82, 2.24) is 25.6 Å². The first-order valence-electron chi connectivity index (χ1n) is 8.03. The summed E-state index contributed by atoms with van der Waals surface area (Å²) in [7, 11) is 0. The Morgan fingerprint density at radius 2 is 2.16 bits per heavy atom. The van der Waals surface area contributed by atoms with E-state index in [9.17, 15) is 4.79 Å². The Balaban J connectivity index is 1.44. The van der Waals surface area contributed by atoms with Crippen LogP contribution in [0.3, 0.4) is 0 Å². The maximum absolute atomic E-state index is 12.3. The molecule has 0 fully saturated rings. The van der Waals surface area contributed by atoms with Crippen molar-refractivity contribution in [3.8, 4) is 0 Å². The molecule has 0 radical (unpaired) electrons. The van der Waals surface area contributed by atoms with Gasteiger partial charge in [-0.15, -0.1) is 11.3 Å². The highest BCUT2D eigenvalue weighted by atomic mass is 32.1. The molecule has 0 amide bonds. The summed E-state index contributed by atoms with van der Waals surface area (Å²) < 4.78 is 4.77. The Morgan fingerprint density at radius 3 is 3.04 bits per heavy atom. The minimum absolute atomic E-state index is 0.0553. The van der Waals surface area contributed by atoms with Crippen LogP contribution in [0.15, 0.2) is 27.6 Å². The molecule has 1 aromatic carbocycles. The van der Waals surface area contributed by atoms with Gasteiger partial charge in [0, 0.05) is 24.4 Å². The van der Waals surface area contributed by atoms with E-state index in [1.165, 1.54) is 0 Å². The molecule has 0 aliphatic rings. The smallest absolute Gasteiger partial charge is 0.259 e. The van der Waals surface area contributed by atoms with Gasteiger partial charge in [0.25, 0.3) is 5.56 Å². The highest BCUT2D eigenvalue weighted by Gasteiger charge is 2.11. The fourth-order valence-electron chi connectivity index (χ4n) is 2.85. The number of rotatable bonds is 5. The SMILES string of the molecule is Cc1sc2nc(CCNCc3cccc4nonc34)[nH]c(=O)c2c1C. The average molecular weight is 355 g/mol. The van der Waals surface area contributed by atoms with Crippen LogP contribution in [0.5, 0.6) is 0 Å². The van der Waals surface area contributed by atoms with E-state index in [1.54, 1.807) is 11.3 Å². The van der Waals surface area contributed by atoms with Crippen molar-refractivity contribution in [2.45, 2.75) is 26.8 Å². The number of nitrogens with one attached hydrogen (secondary N) is 2. The van der Waals surface area contributed by atoms with Gasteiger partial charge in [-0.2, -0.15) is 0 Å². The first kappa shape index (κ1) is 15.9. The van der Waals surface area contributed by atoms with E-state index in [0.717, 1.165) is 31.9 Å². The zero-order valence-electron chi connectivity index (χ0n) is 13.9. The predicted octanol–water partition coefficient (Wildman–Crippen LogP) is 2.47. The Hall–Kier alpha value is -2.58. The summed E-state index contributed by atoms with van der Waals surface area (Å²) >= 11 is 1.57. The van der Waals surface area contributed by atoms with E-state index < -0.39 is 0 Å². The minimum atomic E-state index is -0.0553. The molecule has 0 saturated heterocycles.